The number of rotatable bonds is 8. The van der Waals surface area contributed by atoms with E-state index in [1.54, 1.807) is 29.9 Å². The lowest BCUT2D eigenvalue weighted by Crippen LogP contribution is -2.43. The van der Waals surface area contributed by atoms with Gasteiger partial charge in [-0.25, -0.2) is 4.99 Å². The molecule has 0 saturated carbocycles. The summed E-state index contributed by atoms with van der Waals surface area (Å²) in [5.74, 6) is 0.604. The van der Waals surface area contributed by atoms with E-state index in [1.165, 1.54) is 0 Å². The second-order valence-electron chi connectivity index (χ2n) is 5.88. The van der Waals surface area contributed by atoms with Gasteiger partial charge in [-0.05, 0) is 24.1 Å². The van der Waals surface area contributed by atoms with Gasteiger partial charge < -0.3 is 15.5 Å². The normalized spacial score (nSPS) is 11.3. The van der Waals surface area contributed by atoms with Crippen molar-refractivity contribution in [2.45, 2.75) is 19.5 Å². The SMILES string of the molecule is CN(C)C(=O)CNC(=NCc1ccc(Br)cc1)NCCCn1ccnn1. The predicted molar refractivity (Wildman–Crippen MR) is 105 cm³/mol. The lowest BCUT2D eigenvalue weighted by molar-refractivity contribution is -0.127. The average molecular weight is 422 g/mol. The lowest BCUT2D eigenvalue weighted by Gasteiger charge is -2.15. The molecule has 0 bridgehead atoms. The molecule has 0 radical (unpaired) electrons. The number of aromatic nitrogens is 3. The number of aryl methyl sites for hydroxylation is 1. The molecule has 2 N–H and O–H groups in total. The Kier molecular flexibility index (Phi) is 8.07. The molecule has 1 aromatic heterocycles. The summed E-state index contributed by atoms with van der Waals surface area (Å²) in [4.78, 5) is 17.9. The second kappa shape index (κ2) is 10.5. The third kappa shape index (κ3) is 7.22. The van der Waals surface area contributed by atoms with Crippen LogP contribution in [-0.2, 0) is 17.9 Å². The highest BCUT2D eigenvalue weighted by atomic mass is 79.9. The molecule has 0 aliphatic heterocycles. The van der Waals surface area contributed by atoms with E-state index in [0.29, 0.717) is 19.0 Å². The molecule has 0 atom stereocenters. The fraction of sp³-hybridized carbons (Fsp3) is 0.412. The molecule has 8 nitrogen and oxygen atoms in total. The van der Waals surface area contributed by atoms with Gasteiger partial charge in [0.1, 0.15) is 0 Å². The van der Waals surface area contributed by atoms with Gasteiger partial charge in [-0.2, -0.15) is 0 Å². The van der Waals surface area contributed by atoms with Gasteiger partial charge in [0.05, 0.1) is 19.3 Å². The zero-order chi connectivity index (χ0) is 18.8. The number of amides is 1. The Morgan fingerprint density at radius 3 is 2.69 bits per heavy atom. The number of aliphatic imine (C=N–C) groups is 1. The molecule has 0 saturated heterocycles. The van der Waals surface area contributed by atoms with Crippen LogP contribution in [0.1, 0.15) is 12.0 Å². The first-order chi connectivity index (χ1) is 12.5. The van der Waals surface area contributed by atoms with Gasteiger partial charge in [-0.15, -0.1) is 5.10 Å². The lowest BCUT2D eigenvalue weighted by atomic mass is 10.2. The molecule has 1 aromatic carbocycles. The zero-order valence-corrected chi connectivity index (χ0v) is 16.6. The van der Waals surface area contributed by atoms with E-state index >= 15 is 0 Å². The van der Waals surface area contributed by atoms with Crippen LogP contribution in [0.3, 0.4) is 0 Å². The largest absolute Gasteiger partial charge is 0.356 e. The van der Waals surface area contributed by atoms with Crippen molar-refractivity contribution in [2.24, 2.45) is 4.99 Å². The van der Waals surface area contributed by atoms with E-state index in [1.807, 2.05) is 30.5 Å². The number of guanidine groups is 1. The van der Waals surface area contributed by atoms with Gasteiger partial charge in [-0.3, -0.25) is 9.48 Å². The topological polar surface area (TPSA) is 87.4 Å². The minimum absolute atomic E-state index is 0.00856. The number of nitrogens with one attached hydrogen (secondary N) is 2. The summed E-state index contributed by atoms with van der Waals surface area (Å²) in [6.45, 7) is 2.20. The molecule has 2 aromatic rings. The molecule has 2 rings (SSSR count). The number of hydrogen-bond donors (Lipinski definition) is 2. The first-order valence-corrected chi connectivity index (χ1v) is 9.15. The van der Waals surface area contributed by atoms with Gasteiger partial charge in [0.25, 0.3) is 0 Å². The van der Waals surface area contributed by atoms with Crippen LogP contribution in [0.15, 0.2) is 46.1 Å². The summed E-state index contributed by atoms with van der Waals surface area (Å²) < 4.78 is 2.81. The van der Waals surface area contributed by atoms with E-state index in [0.717, 1.165) is 23.0 Å². The quantitative estimate of drug-likeness (QED) is 0.380. The molecule has 1 heterocycles. The predicted octanol–water partition coefficient (Wildman–Crippen LogP) is 1.25. The van der Waals surface area contributed by atoms with Crippen LogP contribution in [-0.4, -0.2) is 58.9 Å². The Balaban J connectivity index is 1.87. The molecule has 26 heavy (non-hydrogen) atoms. The van der Waals surface area contributed by atoms with Crippen LogP contribution >= 0.6 is 15.9 Å². The minimum atomic E-state index is -0.00856. The van der Waals surface area contributed by atoms with Crippen molar-refractivity contribution in [3.05, 3.63) is 46.7 Å². The first-order valence-electron chi connectivity index (χ1n) is 8.35. The van der Waals surface area contributed by atoms with Crippen molar-refractivity contribution in [1.29, 1.82) is 0 Å². The average Bonchev–Trinajstić information content (AvgIpc) is 3.14. The summed E-state index contributed by atoms with van der Waals surface area (Å²) >= 11 is 3.42. The summed E-state index contributed by atoms with van der Waals surface area (Å²) in [7, 11) is 3.46. The summed E-state index contributed by atoms with van der Waals surface area (Å²) in [5, 5.41) is 14.1. The number of halogens is 1. The monoisotopic (exact) mass is 421 g/mol. The summed E-state index contributed by atoms with van der Waals surface area (Å²) in [6, 6.07) is 8.00. The van der Waals surface area contributed by atoms with Crippen molar-refractivity contribution in [3.8, 4) is 0 Å². The number of hydrogen-bond acceptors (Lipinski definition) is 4. The van der Waals surface area contributed by atoms with E-state index in [-0.39, 0.29) is 12.5 Å². The van der Waals surface area contributed by atoms with Gasteiger partial charge in [0.15, 0.2) is 5.96 Å². The van der Waals surface area contributed by atoms with Crippen LogP contribution in [0.25, 0.3) is 0 Å². The zero-order valence-electron chi connectivity index (χ0n) is 15.0. The van der Waals surface area contributed by atoms with Gasteiger partial charge in [0, 0.05) is 37.9 Å². The highest BCUT2D eigenvalue weighted by Crippen LogP contribution is 2.11. The van der Waals surface area contributed by atoms with E-state index in [4.69, 9.17) is 0 Å². The molecular formula is C17H24BrN7O. The number of benzene rings is 1. The summed E-state index contributed by atoms with van der Waals surface area (Å²) in [6.07, 6.45) is 4.35. The number of carbonyl (C=O) groups is 1. The van der Waals surface area contributed by atoms with Crippen LogP contribution in [0.2, 0.25) is 0 Å². The van der Waals surface area contributed by atoms with Gasteiger partial charge >= 0.3 is 0 Å². The third-order valence-electron chi connectivity index (χ3n) is 3.57. The standard InChI is InChI=1S/C17H24BrN7O/c1-24(2)16(26)13-21-17(19-8-3-10-25-11-9-22-23-25)20-12-14-4-6-15(18)7-5-14/h4-7,9,11H,3,8,10,12-13H2,1-2H3,(H2,19,20,21). The molecule has 0 fully saturated rings. The number of likely N-dealkylation sites (N-methyl/N-ethyl adjacent to an activating group) is 1. The van der Waals surface area contributed by atoms with Crippen LogP contribution in [0, 0.1) is 0 Å². The third-order valence-corrected chi connectivity index (χ3v) is 4.10. The highest BCUT2D eigenvalue weighted by Gasteiger charge is 2.06. The fourth-order valence-electron chi connectivity index (χ4n) is 2.05. The van der Waals surface area contributed by atoms with Gasteiger partial charge in [-0.1, -0.05) is 33.3 Å². The van der Waals surface area contributed by atoms with E-state index < -0.39 is 0 Å². The van der Waals surface area contributed by atoms with Crippen molar-refractivity contribution in [3.63, 3.8) is 0 Å². The van der Waals surface area contributed by atoms with Crippen molar-refractivity contribution >= 4 is 27.8 Å². The highest BCUT2D eigenvalue weighted by molar-refractivity contribution is 9.10. The number of nitrogens with zero attached hydrogens (tertiary/aromatic N) is 5. The van der Waals surface area contributed by atoms with Crippen molar-refractivity contribution in [1.82, 2.24) is 30.5 Å². The van der Waals surface area contributed by atoms with E-state index in [2.05, 4.69) is 41.9 Å². The Hall–Kier alpha value is -2.42. The molecule has 140 valence electrons. The molecule has 9 heteroatoms. The molecule has 0 aliphatic rings. The van der Waals surface area contributed by atoms with Crippen molar-refractivity contribution < 1.29 is 4.79 Å². The molecule has 0 spiro atoms. The molecular weight excluding hydrogens is 398 g/mol. The Morgan fingerprint density at radius 1 is 1.27 bits per heavy atom. The summed E-state index contributed by atoms with van der Waals surface area (Å²) in [5.41, 5.74) is 1.09. The minimum Gasteiger partial charge on any atom is -0.356 e. The van der Waals surface area contributed by atoms with Crippen LogP contribution in [0.5, 0.6) is 0 Å². The van der Waals surface area contributed by atoms with E-state index in [9.17, 15) is 4.79 Å². The van der Waals surface area contributed by atoms with Crippen LogP contribution in [0.4, 0.5) is 0 Å². The smallest absolute Gasteiger partial charge is 0.241 e. The first kappa shape index (κ1) is 19.9. The molecule has 1 amide bonds. The maximum atomic E-state index is 11.8. The molecule has 0 aliphatic carbocycles. The Morgan fingerprint density at radius 2 is 2.04 bits per heavy atom. The Bertz CT molecular complexity index is 698. The molecule has 0 unspecified atom stereocenters. The fourth-order valence-corrected chi connectivity index (χ4v) is 2.32. The number of carbonyl (C=O) groups excluding carboxylic acids is 1. The maximum Gasteiger partial charge on any atom is 0.241 e. The Labute approximate surface area is 161 Å². The van der Waals surface area contributed by atoms with Gasteiger partial charge in [0.2, 0.25) is 5.91 Å². The maximum absolute atomic E-state index is 11.8. The second-order valence-corrected chi connectivity index (χ2v) is 6.80. The van der Waals surface area contributed by atoms with Crippen LogP contribution < -0.4 is 10.6 Å². The van der Waals surface area contributed by atoms with Crippen molar-refractivity contribution in [2.75, 3.05) is 27.2 Å².